The molecule has 1 fully saturated rings. The van der Waals surface area contributed by atoms with Gasteiger partial charge in [-0.1, -0.05) is 39.3 Å². The second-order valence-corrected chi connectivity index (χ2v) is 5.28. The SMILES string of the molecule is C=C(C)[C@H]1CC[C@H](C)C[C@@H]1C(C)C. The van der Waals surface area contributed by atoms with Crippen molar-refractivity contribution in [1.82, 2.24) is 0 Å². The van der Waals surface area contributed by atoms with Crippen LogP contribution in [0.5, 0.6) is 0 Å². The van der Waals surface area contributed by atoms with E-state index in [1.807, 2.05) is 0 Å². The third kappa shape index (κ3) is 2.59. The van der Waals surface area contributed by atoms with Gasteiger partial charge in [-0.25, -0.2) is 0 Å². The fourth-order valence-electron chi connectivity index (χ4n) is 2.77. The minimum absolute atomic E-state index is 0.802. The van der Waals surface area contributed by atoms with E-state index >= 15 is 0 Å². The number of hydrogen-bond acceptors (Lipinski definition) is 0. The summed E-state index contributed by atoms with van der Waals surface area (Å²) < 4.78 is 0. The van der Waals surface area contributed by atoms with Gasteiger partial charge in [-0.15, -0.1) is 0 Å². The van der Waals surface area contributed by atoms with Crippen LogP contribution in [0, 0.1) is 23.7 Å². The minimum atomic E-state index is 0.802. The number of rotatable bonds is 2. The van der Waals surface area contributed by atoms with Gasteiger partial charge < -0.3 is 0 Å². The fourth-order valence-corrected chi connectivity index (χ4v) is 2.77. The van der Waals surface area contributed by atoms with Crippen molar-refractivity contribution in [2.24, 2.45) is 23.7 Å². The molecule has 0 unspecified atom stereocenters. The van der Waals surface area contributed by atoms with Gasteiger partial charge in [-0.2, -0.15) is 0 Å². The molecular formula is C13H24. The van der Waals surface area contributed by atoms with E-state index in [1.165, 1.54) is 24.8 Å². The topological polar surface area (TPSA) is 0 Å². The highest BCUT2D eigenvalue weighted by molar-refractivity contribution is 5.01. The average Bonchev–Trinajstić information content (AvgIpc) is 2.03. The van der Waals surface area contributed by atoms with Gasteiger partial charge in [-0.3, -0.25) is 0 Å². The molecule has 0 spiro atoms. The normalized spacial score (nSPS) is 35.0. The van der Waals surface area contributed by atoms with Crippen molar-refractivity contribution in [2.45, 2.75) is 47.0 Å². The first kappa shape index (κ1) is 10.8. The van der Waals surface area contributed by atoms with Gasteiger partial charge in [0.1, 0.15) is 0 Å². The Morgan fingerprint density at radius 2 is 1.92 bits per heavy atom. The molecule has 0 radical (unpaired) electrons. The third-order valence-electron chi connectivity index (χ3n) is 3.65. The summed E-state index contributed by atoms with van der Waals surface area (Å²) in [5.74, 6) is 3.45. The molecule has 1 rings (SSSR count). The first-order valence-electron chi connectivity index (χ1n) is 5.67. The monoisotopic (exact) mass is 180 g/mol. The summed E-state index contributed by atoms with van der Waals surface area (Å²) in [5.41, 5.74) is 1.41. The van der Waals surface area contributed by atoms with Crippen LogP contribution in [-0.2, 0) is 0 Å². The van der Waals surface area contributed by atoms with Gasteiger partial charge in [0.25, 0.3) is 0 Å². The first-order chi connectivity index (χ1) is 6.02. The molecule has 0 heterocycles. The lowest BCUT2D eigenvalue weighted by atomic mass is 9.68. The Kier molecular flexibility index (Phi) is 3.58. The van der Waals surface area contributed by atoms with E-state index in [0.717, 1.165) is 23.7 Å². The maximum absolute atomic E-state index is 4.14. The van der Waals surface area contributed by atoms with E-state index in [4.69, 9.17) is 0 Å². The molecule has 1 aliphatic rings. The zero-order valence-corrected chi connectivity index (χ0v) is 9.64. The Labute approximate surface area is 83.4 Å². The minimum Gasteiger partial charge on any atom is -0.0999 e. The molecule has 3 atom stereocenters. The van der Waals surface area contributed by atoms with Crippen molar-refractivity contribution in [3.05, 3.63) is 12.2 Å². The van der Waals surface area contributed by atoms with Crippen LogP contribution in [0.15, 0.2) is 12.2 Å². The second-order valence-electron chi connectivity index (χ2n) is 5.28. The molecule has 0 nitrogen and oxygen atoms in total. The van der Waals surface area contributed by atoms with E-state index in [-0.39, 0.29) is 0 Å². The lowest BCUT2D eigenvalue weighted by Gasteiger charge is -2.37. The second kappa shape index (κ2) is 4.30. The zero-order chi connectivity index (χ0) is 10.0. The molecule has 1 saturated carbocycles. The molecule has 0 saturated heterocycles. The highest BCUT2D eigenvalue weighted by Gasteiger charge is 2.30. The van der Waals surface area contributed by atoms with Crippen LogP contribution in [0.4, 0.5) is 0 Å². The summed E-state index contributed by atoms with van der Waals surface area (Å²) in [6.07, 6.45) is 4.19. The molecule has 0 heteroatoms. The van der Waals surface area contributed by atoms with E-state index in [9.17, 15) is 0 Å². The first-order valence-corrected chi connectivity index (χ1v) is 5.67. The third-order valence-corrected chi connectivity index (χ3v) is 3.65. The zero-order valence-electron chi connectivity index (χ0n) is 9.64. The Balaban J connectivity index is 2.66. The summed E-state index contributed by atoms with van der Waals surface area (Å²) in [6.45, 7) is 13.5. The summed E-state index contributed by atoms with van der Waals surface area (Å²) in [7, 11) is 0. The Morgan fingerprint density at radius 3 is 2.38 bits per heavy atom. The molecule has 0 amide bonds. The van der Waals surface area contributed by atoms with Crippen molar-refractivity contribution in [1.29, 1.82) is 0 Å². The van der Waals surface area contributed by atoms with Crippen LogP contribution in [0.3, 0.4) is 0 Å². The molecule has 0 aromatic carbocycles. The van der Waals surface area contributed by atoms with E-state index in [2.05, 4.69) is 34.3 Å². The van der Waals surface area contributed by atoms with Crippen LogP contribution >= 0.6 is 0 Å². The van der Waals surface area contributed by atoms with Crippen LogP contribution in [0.1, 0.15) is 47.0 Å². The predicted molar refractivity (Wildman–Crippen MR) is 59.6 cm³/mol. The summed E-state index contributed by atoms with van der Waals surface area (Å²) in [6, 6.07) is 0. The highest BCUT2D eigenvalue weighted by atomic mass is 14.4. The standard InChI is InChI=1S/C13H24/c1-9(2)12-7-6-11(5)8-13(12)10(3)4/h10-13H,1,6-8H2,2-5H3/t11-,12+,13+/m0/s1. The average molecular weight is 180 g/mol. The maximum Gasteiger partial charge on any atom is -0.0178 e. The van der Waals surface area contributed by atoms with Crippen LogP contribution in [-0.4, -0.2) is 0 Å². The van der Waals surface area contributed by atoms with Crippen molar-refractivity contribution < 1.29 is 0 Å². The molecule has 0 aromatic rings. The summed E-state index contributed by atoms with van der Waals surface area (Å²) >= 11 is 0. The summed E-state index contributed by atoms with van der Waals surface area (Å²) in [4.78, 5) is 0. The Morgan fingerprint density at radius 1 is 1.31 bits per heavy atom. The van der Waals surface area contributed by atoms with Gasteiger partial charge in [0.05, 0.1) is 0 Å². The van der Waals surface area contributed by atoms with Gasteiger partial charge in [0.2, 0.25) is 0 Å². The highest BCUT2D eigenvalue weighted by Crippen LogP contribution is 2.40. The molecule has 0 N–H and O–H groups in total. The van der Waals surface area contributed by atoms with E-state index < -0.39 is 0 Å². The van der Waals surface area contributed by atoms with Gasteiger partial charge >= 0.3 is 0 Å². The quantitative estimate of drug-likeness (QED) is 0.557. The largest absolute Gasteiger partial charge is 0.0999 e. The fraction of sp³-hybridized carbons (Fsp3) is 0.846. The van der Waals surface area contributed by atoms with Crippen LogP contribution in [0.25, 0.3) is 0 Å². The summed E-state index contributed by atoms with van der Waals surface area (Å²) in [5, 5.41) is 0. The molecule has 76 valence electrons. The van der Waals surface area contributed by atoms with Crippen molar-refractivity contribution >= 4 is 0 Å². The Hall–Kier alpha value is -0.260. The molecule has 1 aliphatic carbocycles. The molecular weight excluding hydrogens is 156 g/mol. The predicted octanol–water partition coefficient (Wildman–Crippen LogP) is 4.27. The lowest BCUT2D eigenvalue weighted by Crippen LogP contribution is -2.28. The Bertz CT molecular complexity index is 178. The lowest BCUT2D eigenvalue weighted by molar-refractivity contribution is 0.167. The van der Waals surface area contributed by atoms with Crippen LogP contribution < -0.4 is 0 Å². The van der Waals surface area contributed by atoms with Crippen LogP contribution in [0.2, 0.25) is 0 Å². The molecule has 0 aliphatic heterocycles. The maximum atomic E-state index is 4.14. The number of hydrogen-bond donors (Lipinski definition) is 0. The molecule has 0 aromatic heterocycles. The van der Waals surface area contributed by atoms with E-state index in [0.29, 0.717) is 0 Å². The van der Waals surface area contributed by atoms with Gasteiger partial charge in [0, 0.05) is 0 Å². The smallest absolute Gasteiger partial charge is 0.0178 e. The molecule has 0 bridgehead atoms. The van der Waals surface area contributed by atoms with Crippen molar-refractivity contribution in [3.8, 4) is 0 Å². The molecule has 13 heavy (non-hydrogen) atoms. The van der Waals surface area contributed by atoms with Gasteiger partial charge in [0.15, 0.2) is 0 Å². The van der Waals surface area contributed by atoms with E-state index in [1.54, 1.807) is 0 Å². The number of allylic oxidation sites excluding steroid dienone is 1. The van der Waals surface area contributed by atoms with Crippen molar-refractivity contribution in [3.63, 3.8) is 0 Å². The van der Waals surface area contributed by atoms with Gasteiger partial charge in [-0.05, 0) is 43.4 Å². The van der Waals surface area contributed by atoms with Crippen molar-refractivity contribution in [2.75, 3.05) is 0 Å².